The number of unbranched alkanes of at least 4 members (excludes halogenated alkanes) is 11. The van der Waals surface area contributed by atoms with Crippen LogP contribution < -0.4 is 9.47 Å². The van der Waals surface area contributed by atoms with Gasteiger partial charge in [0.25, 0.3) is 0 Å². The van der Waals surface area contributed by atoms with Crippen molar-refractivity contribution in [2.75, 3.05) is 14.2 Å². The summed E-state index contributed by atoms with van der Waals surface area (Å²) in [6.45, 7) is 0. The molecule has 0 aliphatic rings. The monoisotopic (exact) mass is 410 g/mol. The summed E-state index contributed by atoms with van der Waals surface area (Å²) in [5, 5.41) is 0. The van der Waals surface area contributed by atoms with Gasteiger partial charge in [-0.3, -0.25) is 0 Å². The van der Waals surface area contributed by atoms with E-state index in [1.165, 1.54) is 101 Å². The van der Waals surface area contributed by atoms with Crippen LogP contribution in [0, 0.1) is 0 Å². The Hall–Kier alpha value is -1.96. The summed E-state index contributed by atoms with van der Waals surface area (Å²) in [7, 11) is 3.45. The average molecular weight is 411 g/mol. The Bertz CT molecular complexity index is 586. The van der Waals surface area contributed by atoms with Gasteiger partial charge in [-0.25, -0.2) is 0 Å². The maximum atomic E-state index is 5.21. The van der Waals surface area contributed by atoms with E-state index in [0.29, 0.717) is 0 Å². The molecule has 0 atom stereocenters. The first-order valence-electron chi connectivity index (χ1n) is 12.1. The molecule has 30 heavy (non-hydrogen) atoms. The molecule has 2 aromatic rings. The van der Waals surface area contributed by atoms with E-state index in [1.807, 2.05) is 0 Å². The van der Waals surface area contributed by atoms with Gasteiger partial charge >= 0.3 is 0 Å². The molecule has 0 fully saturated rings. The Labute approximate surface area is 185 Å². The minimum atomic E-state index is 0.951. The smallest absolute Gasteiger partial charge is 0.118 e. The van der Waals surface area contributed by atoms with Crippen molar-refractivity contribution in [2.24, 2.45) is 0 Å². The zero-order valence-electron chi connectivity index (χ0n) is 19.3. The highest BCUT2D eigenvalue weighted by Gasteiger charge is 1.98. The highest BCUT2D eigenvalue weighted by molar-refractivity contribution is 5.27. The van der Waals surface area contributed by atoms with Gasteiger partial charge in [-0.1, -0.05) is 88.5 Å². The van der Waals surface area contributed by atoms with Crippen molar-refractivity contribution in [1.29, 1.82) is 0 Å². The van der Waals surface area contributed by atoms with Crippen molar-refractivity contribution in [1.82, 2.24) is 0 Å². The van der Waals surface area contributed by atoms with E-state index in [2.05, 4.69) is 48.5 Å². The minimum absolute atomic E-state index is 0.951. The van der Waals surface area contributed by atoms with Crippen LogP contribution in [0.1, 0.15) is 88.2 Å². The molecule has 0 heterocycles. The maximum Gasteiger partial charge on any atom is 0.118 e. The number of methoxy groups -OCH3 is 2. The van der Waals surface area contributed by atoms with Crippen LogP contribution in [0.25, 0.3) is 0 Å². The summed E-state index contributed by atoms with van der Waals surface area (Å²) in [5.41, 5.74) is 2.86. The Morgan fingerprint density at radius 3 is 0.933 bits per heavy atom. The Balaban J connectivity index is 1.32. The zero-order chi connectivity index (χ0) is 21.3. The second-order valence-corrected chi connectivity index (χ2v) is 8.44. The first-order chi connectivity index (χ1) is 14.8. The van der Waals surface area contributed by atoms with Gasteiger partial charge in [0, 0.05) is 0 Å². The molecule has 0 saturated carbocycles. The summed E-state index contributed by atoms with van der Waals surface area (Å²) in [4.78, 5) is 0. The zero-order valence-corrected chi connectivity index (χ0v) is 19.3. The van der Waals surface area contributed by atoms with Crippen LogP contribution in [0.5, 0.6) is 11.5 Å². The van der Waals surface area contributed by atoms with E-state index >= 15 is 0 Å². The van der Waals surface area contributed by atoms with Crippen molar-refractivity contribution < 1.29 is 9.47 Å². The summed E-state index contributed by atoms with van der Waals surface area (Å²) in [6, 6.07) is 17.0. The topological polar surface area (TPSA) is 18.5 Å². The largest absolute Gasteiger partial charge is 0.497 e. The summed E-state index contributed by atoms with van der Waals surface area (Å²) >= 11 is 0. The number of hydrogen-bond donors (Lipinski definition) is 0. The third-order valence-electron chi connectivity index (χ3n) is 6.00. The molecule has 166 valence electrons. The van der Waals surface area contributed by atoms with Crippen LogP contribution in [0.15, 0.2) is 48.5 Å². The van der Waals surface area contributed by atoms with Gasteiger partial charge in [0.05, 0.1) is 14.2 Å². The molecule has 2 rings (SSSR count). The first kappa shape index (κ1) is 24.3. The Kier molecular flexibility index (Phi) is 12.8. The molecule has 0 unspecified atom stereocenters. The lowest BCUT2D eigenvalue weighted by atomic mass is 10.0. The van der Waals surface area contributed by atoms with E-state index in [-0.39, 0.29) is 0 Å². The van der Waals surface area contributed by atoms with Gasteiger partial charge in [0.15, 0.2) is 0 Å². The Morgan fingerprint density at radius 2 is 0.667 bits per heavy atom. The standard InChI is InChI=1S/C28H42O2/c1-29-27-21-17-25(18-22-27)15-13-11-9-7-5-3-4-6-8-10-12-14-16-26-19-23-28(30-2)24-20-26/h17-24H,3-16H2,1-2H3. The molecule has 0 aliphatic carbocycles. The normalized spacial score (nSPS) is 10.9. The molecule has 0 N–H and O–H groups in total. The highest BCUT2D eigenvalue weighted by Crippen LogP contribution is 2.17. The maximum absolute atomic E-state index is 5.21. The summed E-state index contributed by atoms with van der Waals surface area (Å²) < 4.78 is 10.4. The van der Waals surface area contributed by atoms with Gasteiger partial charge in [0.2, 0.25) is 0 Å². The van der Waals surface area contributed by atoms with Gasteiger partial charge in [-0.15, -0.1) is 0 Å². The van der Waals surface area contributed by atoms with Crippen LogP contribution in [0.3, 0.4) is 0 Å². The number of ether oxygens (including phenoxy) is 2. The second-order valence-electron chi connectivity index (χ2n) is 8.44. The van der Waals surface area contributed by atoms with E-state index in [9.17, 15) is 0 Å². The van der Waals surface area contributed by atoms with Gasteiger partial charge in [0.1, 0.15) is 11.5 Å². The van der Waals surface area contributed by atoms with E-state index < -0.39 is 0 Å². The molecule has 0 spiro atoms. The molecule has 0 amide bonds. The molecule has 0 aromatic heterocycles. The van der Waals surface area contributed by atoms with E-state index in [0.717, 1.165) is 11.5 Å². The van der Waals surface area contributed by atoms with Crippen LogP contribution in [-0.2, 0) is 12.8 Å². The lowest BCUT2D eigenvalue weighted by Gasteiger charge is -2.05. The van der Waals surface area contributed by atoms with Crippen LogP contribution >= 0.6 is 0 Å². The molecular weight excluding hydrogens is 368 g/mol. The molecule has 0 bridgehead atoms. The molecule has 0 saturated heterocycles. The lowest BCUT2D eigenvalue weighted by molar-refractivity contribution is 0.414. The summed E-state index contributed by atoms with van der Waals surface area (Å²) in [5.74, 6) is 1.90. The number of aryl methyl sites for hydroxylation is 2. The fourth-order valence-electron chi connectivity index (χ4n) is 4.01. The van der Waals surface area contributed by atoms with E-state index in [4.69, 9.17) is 9.47 Å². The van der Waals surface area contributed by atoms with Crippen molar-refractivity contribution >= 4 is 0 Å². The van der Waals surface area contributed by atoms with Crippen LogP contribution in [0.2, 0.25) is 0 Å². The fraction of sp³-hybridized carbons (Fsp3) is 0.571. The number of benzene rings is 2. The van der Waals surface area contributed by atoms with Crippen molar-refractivity contribution in [3.63, 3.8) is 0 Å². The second kappa shape index (κ2) is 15.8. The molecule has 2 aromatic carbocycles. The van der Waals surface area contributed by atoms with E-state index in [1.54, 1.807) is 14.2 Å². The molecule has 0 aliphatic heterocycles. The van der Waals surface area contributed by atoms with Crippen molar-refractivity contribution in [3.05, 3.63) is 59.7 Å². The predicted octanol–water partition coefficient (Wildman–Crippen LogP) is 8.17. The fourth-order valence-corrected chi connectivity index (χ4v) is 4.01. The van der Waals surface area contributed by atoms with Crippen molar-refractivity contribution in [2.45, 2.75) is 89.9 Å². The van der Waals surface area contributed by atoms with Gasteiger partial charge < -0.3 is 9.47 Å². The predicted molar refractivity (Wildman–Crippen MR) is 129 cm³/mol. The SMILES string of the molecule is COc1ccc(CCCCCCCCCCCCCCc2ccc(OC)cc2)cc1. The molecule has 2 nitrogen and oxygen atoms in total. The first-order valence-corrected chi connectivity index (χ1v) is 12.1. The molecule has 2 heteroatoms. The highest BCUT2D eigenvalue weighted by atomic mass is 16.5. The van der Waals surface area contributed by atoms with Crippen molar-refractivity contribution in [3.8, 4) is 11.5 Å². The van der Waals surface area contributed by atoms with Gasteiger partial charge in [-0.05, 0) is 61.1 Å². The minimum Gasteiger partial charge on any atom is -0.497 e. The third-order valence-corrected chi connectivity index (χ3v) is 6.00. The van der Waals surface area contributed by atoms with Gasteiger partial charge in [-0.2, -0.15) is 0 Å². The Morgan fingerprint density at radius 1 is 0.400 bits per heavy atom. The van der Waals surface area contributed by atoms with Crippen LogP contribution in [0.4, 0.5) is 0 Å². The van der Waals surface area contributed by atoms with Crippen LogP contribution in [-0.4, -0.2) is 14.2 Å². The lowest BCUT2D eigenvalue weighted by Crippen LogP contribution is -1.88. The summed E-state index contributed by atoms with van der Waals surface area (Å²) in [6.07, 6.45) is 19.0. The number of rotatable bonds is 17. The quantitative estimate of drug-likeness (QED) is 0.245. The molecule has 0 radical (unpaired) electrons. The average Bonchev–Trinajstić information content (AvgIpc) is 2.80. The third kappa shape index (κ3) is 10.7. The molecular formula is C28H42O2. The number of hydrogen-bond acceptors (Lipinski definition) is 2.